The molecule has 6 heteroatoms. The van der Waals surface area contributed by atoms with Crippen molar-refractivity contribution >= 4 is 16.9 Å². The summed E-state index contributed by atoms with van der Waals surface area (Å²) in [6.07, 6.45) is 1.99. The summed E-state index contributed by atoms with van der Waals surface area (Å²) in [5, 5.41) is 2.75. The fourth-order valence-corrected chi connectivity index (χ4v) is 2.19. The van der Waals surface area contributed by atoms with Crippen LogP contribution in [0, 0.1) is 11.6 Å². The molecule has 112 valence electrons. The Kier molecular flexibility index (Phi) is 3.82. The average Bonchev–Trinajstić information content (AvgIpc) is 2.98. The van der Waals surface area contributed by atoms with Crippen molar-refractivity contribution < 1.29 is 13.6 Å². The molecule has 1 amide bonds. The fourth-order valence-electron chi connectivity index (χ4n) is 2.19. The number of nitrogens with one attached hydrogen (secondary N) is 2. The third-order valence-electron chi connectivity index (χ3n) is 3.37. The molecule has 0 fully saturated rings. The standard InChI is InChI=1S/C16H13F2N3O/c17-12-3-1-10(7-13(12)18)5-6-19-16(22)11-2-4-14-15(8-11)21-9-20-14/h1-4,7-9H,5-6H2,(H,19,22)(H,20,21). The Balaban J connectivity index is 1.60. The smallest absolute Gasteiger partial charge is 0.251 e. The number of H-pyrrole nitrogens is 1. The van der Waals surface area contributed by atoms with Gasteiger partial charge in [0.05, 0.1) is 17.4 Å². The number of rotatable bonds is 4. The first-order valence-electron chi connectivity index (χ1n) is 6.79. The number of aromatic nitrogens is 2. The number of hydrogen-bond acceptors (Lipinski definition) is 2. The molecule has 0 aliphatic heterocycles. The highest BCUT2D eigenvalue weighted by molar-refractivity contribution is 5.97. The van der Waals surface area contributed by atoms with E-state index in [1.54, 1.807) is 24.5 Å². The van der Waals surface area contributed by atoms with E-state index in [-0.39, 0.29) is 5.91 Å². The second-order valence-corrected chi connectivity index (χ2v) is 4.89. The van der Waals surface area contributed by atoms with Crippen LogP contribution >= 0.6 is 0 Å². The van der Waals surface area contributed by atoms with E-state index in [1.165, 1.54) is 6.07 Å². The van der Waals surface area contributed by atoms with Gasteiger partial charge in [0, 0.05) is 12.1 Å². The molecule has 0 unspecified atom stereocenters. The van der Waals surface area contributed by atoms with Crippen LogP contribution in [0.25, 0.3) is 11.0 Å². The Bertz CT molecular complexity index is 829. The van der Waals surface area contributed by atoms with Gasteiger partial charge in [0.1, 0.15) is 0 Å². The van der Waals surface area contributed by atoms with Gasteiger partial charge >= 0.3 is 0 Å². The van der Waals surface area contributed by atoms with Gasteiger partial charge in [0.25, 0.3) is 5.91 Å². The zero-order chi connectivity index (χ0) is 15.5. The summed E-state index contributed by atoms with van der Waals surface area (Å²) in [7, 11) is 0. The minimum Gasteiger partial charge on any atom is -0.352 e. The monoisotopic (exact) mass is 301 g/mol. The highest BCUT2D eigenvalue weighted by atomic mass is 19.2. The largest absolute Gasteiger partial charge is 0.352 e. The van der Waals surface area contributed by atoms with Crippen LogP contribution in [0.4, 0.5) is 8.78 Å². The number of carbonyl (C=O) groups excluding carboxylic acids is 1. The molecular formula is C16H13F2N3O. The van der Waals surface area contributed by atoms with E-state index >= 15 is 0 Å². The number of benzene rings is 2. The van der Waals surface area contributed by atoms with Gasteiger partial charge in [-0.1, -0.05) is 6.07 Å². The van der Waals surface area contributed by atoms with Crippen molar-refractivity contribution in [2.75, 3.05) is 6.54 Å². The molecule has 1 aromatic heterocycles. The van der Waals surface area contributed by atoms with Crippen LogP contribution < -0.4 is 5.32 Å². The number of fused-ring (bicyclic) bond motifs is 1. The molecule has 0 spiro atoms. The maximum absolute atomic E-state index is 13.1. The normalized spacial score (nSPS) is 10.8. The van der Waals surface area contributed by atoms with E-state index in [4.69, 9.17) is 0 Å². The Labute approximate surface area is 125 Å². The zero-order valence-electron chi connectivity index (χ0n) is 11.6. The highest BCUT2D eigenvalue weighted by Crippen LogP contribution is 2.12. The van der Waals surface area contributed by atoms with Crippen molar-refractivity contribution in [1.82, 2.24) is 15.3 Å². The molecule has 4 nitrogen and oxygen atoms in total. The summed E-state index contributed by atoms with van der Waals surface area (Å²) in [6.45, 7) is 0.338. The topological polar surface area (TPSA) is 57.8 Å². The van der Waals surface area contributed by atoms with Gasteiger partial charge in [-0.15, -0.1) is 0 Å². The minimum absolute atomic E-state index is 0.223. The number of halogens is 2. The first kappa shape index (κ1) is 14.2. The van der Waals surface area contributed by atoms with Crippen molar-refractivity contribution in [2.24, 2.45) is 0 Å². The van der Waals surface area contributed by atoms with E-state index in [0.717, 1.165) is 23.2 Å². The fraction of sp³-hybridized carbons (Fsp3) is 0.125. The molecule has 2 N–H and O–H groups in total. The SMILES string of the molecule is O=C(NCCc1ccc(F)c(F)c1)c1ccc2nc[nH]c2c1. The van der Waals surface area contributed by atoms with Crippen LogP contribution in [0.1, 0.15) is 15.9 Å². The van der Waals surface area contributed by atoms with Gasteiger partial charge < -0.3 is 10.3 Å². The molecule has 0 atom stereocenters. The van der Waals surface area contributed by atoms with Crippen LogP contribution in [0.5, 0.6) is 0 Å². The van der Waals surface area contributed by atoms with Gasteiger partial charge in [-0.05, 0) is 42.3 Å². The summed E-state index contributed by atoms with van der Waals surface area (Å²) in [5.41, 5.74) is 2.72. The molecule has 0 aliphatic carbocycles. The third-order valence-corrected chi connectivity index (χ3v) is 3.37. The second kappa shape index (κ2) is 5.93. The van der Waals surface area contributed by atoms with Crippen molar-refractivity contribution in [1.29, 1.82) is 0 Å². The lowest BCUT2D eigenvalue weighted by atomic mass is 10.1. The molecule has 0 aliphatic rings. The van der Waals surface area contributed by atoms with Crippen molar-refractivity contribution in [2.45, 2.75) is 6.42 Å². The number of carbonyl (C=O) groups is 1. The Morgan fingerprint density at radius 1 is 1.14 bits per heavy atom. The van der Waals surface area contributed by atoms with Crippen LogP contribution in [0.2, 0.25) is 0 Å². The predicted octanol–water partition coefficient (Wildman–Crippen LogP) is 2.81. The van der Waals surface area contributed by atoms with Crippen LogP contribution in [-0.2, 0) is 6.42 Å². The van der Waals surface area contributed by atoms with Gasteiger partial charge in [-0.2, -0.15) is 0 Å². The summed E-state index contributed by atoms with van der Waals surface area (Å²) in [4.78, 5) is 19.1. The average molecular weight is 301 g/mol. The van der Waals surface area contributed by atoms with E-state index in [1.807, 2.05) is 0 Å². The van der Waals surface area contributed by atoms with E-state index in [2.05, 4.69) is 15.3 Å². The van der Waals surface area contributed by atoms with Crippen molar-refractivity contribution in [3.8, 4) is 0 Å². The highest BCUT2D eigenvalue weighted by Gasteiger charge is 2.07. The van der Waals surface area contributed by atoms with Crippen LogP contribution in [0.3, 0.4) is 0 Å². The molecule has 0 bridgehead atoms. The van der Waals surface area contributed by atoms with E-state index in [0.29, 0.717) is 24.1 Å². The summed E-state index contributed by atoms with van der Waals surface area (Å²) < 4.78 is 25.9. The molecule has 0 saturated carbocycles. The second-order valence-electron chi connectivity index (χ2n) is 4.89. The number of imidazole rings is 1. The van der Waals surface area contributed by atoms with E-state index in [9.17, 15) is 13.6 Å². The first-order valence-corrected chi connectivity index (χ1v) is 6.79. The van der Waals surface area contributed by atoms with Crippen molar-refractivity contribution in [3.05, 3.63) is 65.5 Å². The van der Waals surface area contributed by atoms with Crippen LogP contribution in [0.15, 0.2) is 42.7 Å². The van der Waals surface area contributed by atoms with Gasteiger partial charge in [0.15, 0.2) is 11.6 Å². The van der Waals surface area contributed by atoms with Gasteiger partial charge in [-0.25, -0.2) is 13.8 Å². The number of hydrogen-bond donors (Lipinski definition) is 2. The molecule has 3 aromatic rings. The lowest BCUT2D eigenvalue weighted by Gasteiger charge is -2.06. The number of amides is 1. The van der Waals surface area contributed by atoms with Crippen molar-refractivity contribution in [3.63, 3.8) is 0 Å². The number of nitrogens with zero attached hydrogens (tertiary/aromatic N) is 1. The quantitative estimate of drug-likeness (QED) is 0.778. The molecule has 2 aromatic carbocycles. The first-order chi connectivity index (χ1) is 10.6. The summed E-state index contributed by atoms with van der Waals surface area (Å²) in [5.74, 6) is -1.98. The summed E-state index contributed by atoms with van der Waals surface area (Å²) in [6, 6.07) is 8.89. The zero-order valence-corrected chi connectivity index (χ0v) is 11.6. The van der Waals surface area contributed by atoms with Crippen LogP contribution in [-0.4, -0.2) is 22.4 Å². The van der Waals surface area contributed by atoms with Gasteiger partial charge in [0.2, 0.25) is 0 Å². The Morgan fingerprint density at radius 3 is 2.82 bits per heavy atom. The predicted molar refractivity (Wildman–Crippen MR) is 78.5 cm³/mol. The maximum Gasteiger partial charge on any atom is 0.251 e. The third kappa shape index (κ3) is 2.95. The molecule has 3 rings (SSSR count). The molecule has 1 heterocycles. The Hall–Kier alpha value is -2.76. The molecule has 22 heavy (non-hydrogen) atoms. The van der Waals surface area contributed by atoms with E-state index < -0.39 is 11.6 Å². The minimum atomic E-state index is -0.881. The molecule has 0 radical (unpaired) electrons. The summed E-state index contributed by atoms with van der Waals surface area (Å²) >= 11 is 0. The Morgan fingerprint density at radius 2 is 2.00 bits per heavy atom. The number of aromatic amines is 1. The lowest BCUT2D eigenvalue weighted by molar-refractivity contribution is 0.0954. The lowest BCUT2D eigenvalue weighted by Crippen LogP contribution is -2.25. The van der Waals surface area contributed by atoms with Gasteiger partial charge in [-0.3, -0.25) is 4.79 Å². The molecular weight excluding hydrogens is 288 g/mol. The maximum atomic E-state index is 13.1. The molecule has 0 saturated heterocycles.